The molecule has 0 saturated heterocycles. The first kappa shape index (κ1) is 25.7. The number of rotatable bonds is 7. The number of anilines is 1. The minimum atomic E-state index is -4.75. The Morgan fingerprint density at radius 1 is 1.10 bits per heavy atom. The predicted molar refractivity (Wildman–Crippen MR) is 130 cm³/mol. The van der Waals surface area contributed by atoms with Crippen LogP contribution in [0.3, 0.4) is 0 Å². The summed E-state index contributed by atoms with van der Waals surface area (Å²) >= 11 is 0. The Morgan fingerprint density at radius 3 is 2.51 bits per heavy atom. The zero-order chi connectivity index (χ0) is 27.9. The smallest absolute Gasteiger partial charge is 0.416 e. The minimum Gasteiger partial charge on any atom is -0.456 e. The number of amides is 1. The van der Waals surface area contributed by atoms with E-state index < -0.39 is 35.7 Å². The van der Waals surface area contributed by atoms with E-state index in [1.54, 1.807) is 7.05 Å². The van der Waals surface area contributed by atoms with Gasteiger partial charge in [-0.05, 0) is 36.4 Å². The summed E-state index contributed by atoms with van der Waals surface area (Å²) in [4.78, 5) is 33.9. The summed E-state index contributed by atoms with van der Waals surface area (Å²) in [6.07, 6.45) is -2.06. The number of aromatic nitrogens is 7. The van der Waals surface area contributed by atoms with E-state index in [4.69, 9.17) is 4.74 Å². The lowest BCUT2D eigenvalue weighted by atomic mass is 10.1. The lowest BCUT2D eigenvalue weighted by molar-refractivity contribution is -0.137. The van der Waals surface area contributed by atoms with Gasteiger partial charge in [-0.3, -0.25) is 23.6 Å². The highest BCUT2D eigenvalue weighted by molar-refractivity contribution is 5.95. The number of aromatic amines is 1. The third kappa shape index (κ3) is 4.97. The number of carbonyl (C=O) groups is 1. The number of imidazole rings is 2. The summed E-state index contributed by atoms with van der Waals surface area (Å²) in [5.41, 5.74) is -1.12. The van der Waals surface area contributed by atoms with Crippen molar-refractivity contribution >= 4 is 22.6 Å². The van der Waals surface area contributed by atoms with E-state index in [0.29, 0.717) is 5.82 Å². The van der Waals surface area contributed by atoms with Crippen LogP contribution in [0.25, 0.3) is 22.3 Å². The molecule has 5 rings (SSSR count). The number of halogens is 4. The third-order valence-electron chi connectivity index (χ3n) is 6.01. The Hall–Kier alpha value is -4.95. The first-order valence-corrected chi connectivity index (χ1v) is 11.4. The number of aryl methyl sites for hydroxylation is 1. The summed E-state index contributed by atoms with van der Waals surface area (Å²) in [7, 11) is 2.94. The normalized spacial score (nSPS) is 11.7. The molecule has 0 bridgehead atoms. The van der Waals surface area contributed by atoms with Gasteiger partial charge in [-0.1, -0.05) is 0 Å². The molecule has 0 aliphatic carbocycles. The van der Waals surface area contributed by atoms with Crippen molar-refractivity contribution in [1.29, 1.82) is 0 Å². The molecule has 0 unspecified atom stereocenters. The molecule has 0 atom stereocenters. The first-order chi connectivity index (χ1) is 18.5. The average Bonchev–Trinajstić information content (AvgIpc) is 3.59. The molecule has 202 valence electrons. The van der Waals surface area contributed by atoms with Crippen LogP contribution >= 0.6 is 0 Å². The fourth-order valence-corrected chi connectivity index (χ4v) is 4.16. The number of ether oxygens (including phenoxy) is 1. The van der Waals surface area contributed by atoms with Crippen LogP contribution in [0.4, 0.5) is 23.2 Å². The van der Waals surface area contributed by atoms with Gasteiger partial charge in [0.1, 0.15) is 18.7 Å². The van der Waals surface area contributed by atoms with Gasteiger partial charge in [0.15, 0.2) is 12.4 Å². The van der Waals surface area contributed by atoms with Crippen molar-refractivity contribution < 1.29 is 27.1 Å². The van der Waals surface area contributed by atoms with E-state index in [1.165, 1.54) is 36.3 Å². The van der Waals surface area contributed by atoms with Gasteiger partial charge in [0.05, 0.1) is 28.5 Å². The molecule has 0 radical (unpaired) electrons. The molecule has 39 heavy (non-hydrogen) atoms. The van der Waals surface area contributed by atoms with Crippen LogP contribution in [-0.4, -0.2) is 39.8 Å². The molecule has 5 aromatic rings. The fourth-order valence-electron chi connectivity index (χ4n) is 4.16. The van der Waals surface area contributed by atoms with E-state index in [-0.39, 0.29) is 40.6 Å². The highest BCUT2D eigenvalue weighted by Gasteiger charge is 2.33. The number of nitrogens with one attached hydrogen (secondary N) is 2. The summed E-state index contributed by atoms with van der Waals surface area (Å²) in [5, 5.41) is 8.92. The quantitative estimate of drug-likeness (QED) is 0.303. The Morgan fingerprint density at radius 2 is 1.85 bits per heavy atom. The van der Waals surface area contributed by atoms with Gasteiger partial charge in [0, 0.05) is 25.3 Å². The van der Waals surface area contributed by atoms with Crippen LogP contribution in [0, 0.1) is 5.82 Å². The van der Waals surface area contributed by atoms with Crippen molar-refractivity contribution in [1.82, 2.24) is 33.9 Å². The number of carbonyl (C=O) groups excluding carboxylic acids is 1. The van der Waals surface area contributed by atoms with Crippen LogP contribution in [-0.2, 0) is 38.2 Å². The Bertz CT molecular complexity index is 1720. The van der Waals surface area contributed by atoms with Crippen LogP contribution in [0.5, 0.6) is 6.01 Å². The van der Waals surface area contributed by atoms with Gasteiger partial charge in [0.2, 0.25) is 5.91 Å². The number of hydrogen-bond acceptors (Lipinski definition) is 6. The molecule has 11 nitrogen and oxygen atoms in total. The maximum Gasteiger partial charge on any atom is 0.416 e. The summed E-state index contributed by atoms with van der Waals surface area (Å²) in [6.45, 7) is -0.617. The van der Waals surface area contributed by atoms with Crippen LogP contribution in [0.1, 0.15) is 11.4 Å². The van der Waals surface area contributed by atoms with Gasteiger partial charge in [-0.15, -0.1) is 0 Å². The van der Waals surface area contributed by atoms with Gasteiger partial charge in [-0.25, -0.2) is 19.2 Å². The number of fused-ring (bicyclic) bond motifs is 1. The summed E-state index contributed by atoms with van der Waals surface area (Å²) in [6, 6.07) is 6.75. The fraction of sp³-hybridized carbons (Fsp3) is 0.208. The second-order valence-electron chi connectivity index (χ2n) is 8.56. The van der Waals surface area contributed by atoms with Crippen LogP contribution < -0.4 is 15.7 Å². The highest BCUT2D eigenvalue weighted by Crippen LogP contribution is 2.37. The number of nitrogens with zero attached hydrogens (tertiary/aromatic N) is 6. The zero-order valence-corrected chi connectivity index (χ0v) is 20.5. The van der Waals surface area contributed by atoms with Gasteiger partial charge in [-0.2, -0.15) is 18.3 Å². The molecule has 0 aliphatic rings. The Labute approximate surface area is 216 Å². The van der Waals surface area contributed by atoms with Crippen LogP contribution in [0.15, 0.2) is 53.7 Å². The second-order valence-corrected chi connectivity index (χ2v) is 8.56. The monoisotopic (exact) mass is 544 g/mol. The third-order valence-corrected chi connectivity index (χ3v) is 6.01. The van der Waals surface area contributed by atoms with E-state index in [9.17, 15) is 27.2 Å². The van der Waals surface area contributed by atoms with E-state index in [0.717, 1.165) is 33.4 Å². The molecule has 0 fully saturated rings. The van der Waals surface area contributed by atoms with E-state index in [2.05, 4.69) is 25.5 Å². The maximum absolute atomic E-state index is 13.9. The van der Waals surface area contributed by atoms with Crippen LogP contribution in [0.2, 0.25) is 0 Å². The summed E-state index contributed by atoms with van der Waals surface area (Å²) < 4.78 is 64.2. The zero-order valence-electron chi connectivity index (χ0n) is 20.5. The van der Waals surface area contributed by atoms with Gasteiger partial charge < -0.3 is 10.1 Å². The molecular formula is C24H20F4N8O3. The molecule has 3 heterocycles. The first-order valence-electron chi connectivity index (χ1n) is 11.4. The maximum atomic E-state index is 13.9. The number of H-pyrrole nitrogens is 1. The van der Waals surface area contributed by atoms with Crippen molar-refractivity contribution in [3.8, 4) is 17.3 Å². The van der Waals surface area contributed by atoms with E-state index >= 15 is 0 Å². The molecule has 0 spiro atoms. The number of alkyl halides is 3. The Balaban J connectivity index is 1.57. The largest absolute Gasteiger partial charge is 0.456 e. The molecule has 15 heteroatoms. The molecule has 0 aliphatic heterocycles. The Kier molecular flexibility index (Phi) is 6.41. The van der Waals surface area contributed by atoms with Crippen molar-refractivity contribution in [2.24, 2.45) is 14.1 Å². The van der Waals surface area contributed by atoms with Crippen molar-refractivity contribution in [3.63, 3.8) is 0 Å². The lowest BCUT2D eigenvalue weighted by Gasteiger charge is -2.13. The van der Waals surface area contributed by atoms with Crippen molar-refractivity contribution in [2.45, 2.75) is 19.3 Å². The average molecular weight is 544 g/mol. The molecule has 0 saturated carbocycles. The van der Waals surface area contributed by atoms with E-state index in [1.807, 2.05) is 0 Å². The van der Waals surface area contributed by atoms with Gasteiger partial charge in [0.25, 0.3) is 6.01 Å². The van der Waals surface area contributed by atoms with Crippen molar-refractivity contribution in [3.05, 3.63) is 76.6 Å². The predicted octanol–water partition coefficient (Wildman–Crippen LogP) is 3.23. The molecule has 2 N–H and O–H groups in total. The second kappa shape index (κ2) is 9.74. The van der Waals surface area contributed by atoms with Crippen molar-refractivity contribution in [2.75, 3.05) is 5.32 Å². The molecule has 3 aromatic heterocycles. The number of benzene rings is 2. The SMILES string of the molecule is Cn1c(-c2cc(C(F)(F)F)cc3c2n(C)c(=O)n3CC(=O)Nc2ccc(F)cc2)cnc1OCc1nc[nH]n1. The lowest BCUT2D eigenvalue weighted by Crippen LogP contribution is -2.28. The molecule has 2 aromatic carbocycles. The minimum absolute atomic E-state index is 0.0379. The molecular weight excluding hydrogens is 524 g/mol. The van der Waals surface area contributed by atoms with Gasteiger partial charge >= 0.3 is 11.9 Å². The molecule has 1 amide bonds. The standard InChI is InChI=1S/C24H20F4N8O3/c1-34-18(9-29-22(34)39-11-19-30-12-31-33-19)16-7-13(24(26,27)28)8-17-21(16)35(2)23(38)36(17)10-20(37)32-15-5-3-14(25)4-6-15/h3-9,12H,10-11H2,1-2H3,(H,32,37)(H,30,31,33). The highest BCUT2D eigenvalue weighted by atomic mass is 19.4. The topological polar surface area (TPSA) is 125 Å². The number of hydrogen-bond donors (Lipinski definition) is 2. The summed E-state index contributed by atoms with van der Waals surface area (Å²) in [5.74, 6) is -0.843.